The predicted octanol–water partition coefficient (Wildman–Crippen LogP) is -0.514. The van der Waals surface area contributed by atoms with Crippen molar-refractivity contribution in [3.63, 3.8) is 0 Å². The van der Waals surface area contributed by atoms with Gasteiger partial charge in [-0.2, -0.15) is 9.97 Å². The maximum Gasteiger partial charge on any atom is 0.325 e. The SMILES string of the molecule is COc1cc(OC)nc(N2CCC(N)(C(=O)O)C2)n1. The Morgan fingerprint density at radius 3 is 2.42 bits per heavy atom. The molecule has 0 spiro atoms. The Balaban J connectivity index is 2.26. The molecule has 104 valence electrons. The minimum atomic E-state index is -1.26. The molecule has 3 N–H and O–H groups in total. The number of methoxy groups -OCH3 is 2. The van der Waals surface area contributed by atoms with Crippen molar-refractivity contribution in [1.82, 2.24) is 9.97 Å². The molecule has 1 aliphatic heterocycles. The number of nitrogens with zero attached hydrogens (tertiary/aromatic N) is 3. The Labute approximate surface area is 110 Å². The second-order valence-electron chi connectivity index (χ2n) is 4.39. The van der Waals surface area contributed by atoms with Gasteiger partial charge in [0.15, 0.2) is 0 Å². The van der Waals surface area contributed by atoms with E-state index in [1.165, 1.54) is 14.2 Å². The zero-order valence-electron chi connectivity index (χ0n) is 10.8. The van der Waals surface area contributed by atoms with E-state index in [1.54, 1.807) is 11.0 Å². The third kappa shape index (κ3) is 2.53. The third-order valence-electron chi connectivity index (χ3n) is 3.10. The molecule has 8 heteroatoms. The number of aromatic nitrogens is 2. The van der Waals surface area contributed by atoms with Crippen LogP contribution >= 0.6 is 0 Å². The fourth-order valence-corrected chi connectivity index (χ4v) is 1.92. The highest BCUT2D eigenvalue weighted by Gasteiger charge is 2.42. The number of carboxylic acids is 1. The quantitative estimate of drug-likeness (QED) is 0.750. The van der Waals surface area contributed by atoms with E-state index < -0.39 is 11.5 Å². The number of aliphatic carboxylic acids is 1. The monoisotopic (exact) mass is 268 g/mol. The van der Waals surface area contributed by atoms with E-state index in [9.17, 15) is 4.79 Å². The molecule has 1 aromatic heterocycles. The van der Waals surface area contributed by atoms with Gasteiger partial charge in [0, 0.05) is 13.1 Å². The van der Waals surface area contributed by atoms with E-state index in [2.05, 4.69) is 9.97 Å². The average Bonchev–Trinajstić information content (AvgIpc) is 2.82. The summed E-state index contributed by atoms with van der Waals surface area (Å²) in [5.41, 5.74) is 4.55. The van der Waals surface area contributed by atoms with Gasteiger partial charge in [0.05, 0.1) is 20.3 Å². The first kappa shape index (κ1) is 13.3. The zero-order chi connectivity index (χ0) is 14.0. The summed E-state index contributed by atoms with van der Waals surface area (Å²) < 4.78 is 10.1. The summed E-state index contributed by atoms with van der Waals surface area (Å²) in [4.78, 5) is 21.2. The molecule has 0 amide bonds. The number of hydrogen-bond acceptors (Lipinski definition) is 7. The van der Waals surface area contributed by atoms with Crippen LogP contribution in [0.3, 0.4) is 0 Å². The van der Waals surface area contributed by atoms with Crippen LogP contribution in [0.4, 0.5) is 5.95 Å². The van der Waals surface area contributed by atoms with Gasteiger partial charge in [-0.05, 0) is 6.42 Å². The van der Waals surface area contributed by atoms with Crippen LogP contribution in [-0.2, 0) is 4.79 Å². The number of rotatable bonds is 4. The number of ether oxygens (including phenoxy) is 2. The highest BCUT2D eigenvalue weighted by molar-refractivity contribution is 5.80. The summed E-state index contributed by atoms with van der Waals surface area (Å²) >= 11 is 0. The molecule has 0 radical (unpaired) electrons. The molecule has 0 aromatic carbocycles. The van der Waals surface area contributed by atoms with Crippen molar-refractivity contribution in [2.45, 2.75) is 12.0 Å². The minimum Gasteiger partial charge on any atom is -0.481 e. The maximum atomic E-state index is 11.1. The molecule has 2 rings (SSSR count). The van der Waals surface area contributed by atoms with Crippen molar-refractivity contribution < 1.29 is 19.4 Å². The molecule has 2 heterocycles. The van der Waals surface area contributed by atoms with Gasteiger partial charge in [-0.3, -0.25) is 4.79 Å². The van der Waals surface area contributed by atoms with Crippen LogP contribution in [0.5, 0.6) is 11.8 Å². The molecule has 1 unspecified atom stereocenters. The Hall–Kier alpha value is -2.09. The lowest BCUT2D eigenvalue weighted by molar-refractivity contribution is -0.142. The molecular weight excluding hydrogens is 252 g/mol. The Bertz CT molecular complexity index is 473. The van der Waals surface area contributed by atoms with Gasteiger partial charge in [0.25, 0.3) is 0 Å². The van der Waals surface area contributed by atoms with Gasteiger partial charge in [-0.25, -0.2) is 0 Å². The zero-order valence-corrected chi connectivity index (χ0v) is 10.8. The van der Waals surface area contributed by atoms with Gasteiger partial charge in [0.1, 0.15) is 5.54 Å². The second kappa shape index (κ2) is 4.88. The first-order valence-electron chi connectivity index (χ1n) is 5.73. The first-order chi connectivity index (χ1) is 8.98. The molecule has 1 aromatic rings. The molecule has 0 bridgehead atoms. The van der Waals surface area contributed by atoms with E-state index in [-0.39, 0.29) is 6.54 Å². The van der Waals surface area contributed by atoms with Crippen molar-refractivity contribution in [3.05, 3.63) is 6.07 Å². The molecule has 8 nitrogen and oxygen atoms in total. The topological polar surface area (TPSA) is 111 Å². The second-order valence-corrected chi connectivity index (χ2v) is 4.39. The van der Waals surface area contributed by atoms with Gasteiger partial charge in [-0.15, -0.1) is 0 Å². The number of carbonyl (C=O) groups is 1. The van der Waals surface area contributed by atoms with Crippen LogP contribution in [0, 0.1) is 0 Å². The Kier molecular flexibility index (Phi) is 3.43. The summed E-state index contributed by atoms with van der Waals surface area (Å²) in [6.45, 7) is 0.623. The van der Waals surface area contributed by atoms with Gasteiger partial charge in [0.2, 0.25) is 17.7 Å². The molecule has 0 saturated carbocycles. The molecule has 1 atom stereocenters. The fourth-order valence-electron chi connectivity index (χ4n) is 1.92. The predicted molar refractivity (Wildman–Crippen MR) is 66.5 cm³/mol. The molecular formula is C11H16N4O4. The molecule has 1 fully saturated rings. The van der Waals surface area contributed by atoms with E-state index in [0.29, 0.717) is 30.7 Å². The summed E-state index contributed by atoms with van der Waals surface area (Å²) in [7, 11) is 2.97. The van der Waals surface area contributed by atoms with Gasteiger partial charge < -0.3 is 25.2 Å². The van der Waals surface area contributed by atoms with Crippen molar-refractivity contribution in [3.8, 4) is 11.8 Å². The molecule has 1 aliphatic rings. The third-order valence-corrected chi connectivity index (χ3v) is 3.10. The normalized spacial score (nSPS) is 22.4. The Morgan fingerprint density at radius 2 is 2.00 bits per heavy atom. The molecule has 19 heavy (non-hydrogen) atoms. The maximum absolute atomic E-state index is 11.1. The number of carboxylic acid groups (broad SMARTS) is 1. The summed E-state index contributed by atoms with van der Waals surface area (Å²) in [6, 6.07) is 1.55. The van der Waals surface area contributed by atoms with E-state index in [4.69, 9.17) is 20.3 Å². The highest BCUT2D eigenvalue weighted by Crippen LogP contribution is 2.26. The number of anilines is 1. The van der Waals surface area contributed by atoms with Crippen molar-refractivity contribution >= 4 is 11.9 Å². The van der Waals surface area contributed by atoms with Gasteiger partial charge in [-0.1, -0.05) is 0 Å². The summed E-state index contributed by atoms with van der Waals surface area (Å²) in [5, 5.41) is 9.10. The van der Waals surface area contributed by atoms with E-state index >= 15 is 0 Å². The molecule has 0 aliphatic carbocycles. The van der Waals surface area contributed by atoms with Crippen LogP contribution in [0.1, 0.15) is 6.42 Å². The number of hydrogen-bond donors (Lipinski definition) is 2. The Morgan fingerprint density at radius 1 is 1.42 bits per heavy atom. The number of nitrogens with two attached hydrogens (primary N) is 1. The first-order valence-corrected chi connectivity index (χ1v) is 5.73. The van der Waals surface area contributed by atoms with Crippen LogP contribution in [0.25, 0.3) is 0 Å². The van der Waals surface area contributed by atoms with Crippen molar-refractivity contribution in [1.29, 1.82) is 0 Å². The minimum absolute atomic E-state index is 0.151. The fraction of sp³-hybridized carbons (Fsp3) is 0.545. The van der Waals surface area contributed by atoms with Crippen molar-refractivity contribution in [2.24, 2.45) is 5.73 Å². The van der Waals surface area contributed by atoms with E-state index in [1.807, 2.05) is 0 Å². The lowest BCUT2D eigenvalue weighted by Gasteiger charge is -2.20. The lowest BCUT2D eigenvalue weighted by atomic mass is 10.0. The highest BCUT2D eigenvalue weighted by atomic mass is 16.5. The average molecular weight is 268 g/mol. The smallest absolute Gasteiger partial charge is 0.325 e. The van der Waals surface area contributed by atoms with Crippen LogP contribution in [0.2, 0.25) is 0 Å². The lowest BCUT2D eigenvalue weighted by Crippen LogP contribution is -2.50. The van der Waals surface area contributed by atoms with Crippen molar-refractivity contribution in [2.75, 3.05) is 32.2 Å². The molecule has 1 saturated heterocycles. The van der Waals surface area contributed by atoms with Gasteiger partial charge >= 0.3 is 5.97 Å². The summed E-state index contributed by atoms with van der Waals surface area (Å²) in [5.74, 6) is 0.0352. The standard InChI is InChI=1S/C11H16N4O4/c1-18-7-5-8(19-2)14-10(13-7)15-4-3-11(12,6-15)9(16)17/h5H,3-4,6,12H2,1-2H3,(H,16,17). The summed E-state index contributed by atoms with van der Waals surface area (Å²) in [6.07, 6.45) is 0.339. The largest absolute Gasteiger partial charge is 0.481 e. The van der Waals surface area contributed by atoms with Crippen LogP contribution in [0.15, 0.2) is 6.07 Å². The van der Waals surface area contributed by atoms with Crippen LogP contribution in [-0.4, -0.2) is 53.9 Å². The van der Waals surface area contributed by atoms with Crippen LogP contribution < -0.4 is 20.1 Å². The van der Waals surface area contributed by atoms with E-state index in [0.717, 1.165) is 0 Å².